The highest BCUT2D eigenvalue weighted by Gasteiger charge is 2.23. The first-order valence-corrected chi connectivity index (χ1v) is 9.82. The Bertz CT molecular complexity index is 815. The third kappa shape index (κ3) is 4.59. The summed E-state index contributed by atoms with van der Waals surface area (Å²) in [6.07, 6.45) is 3.65. The van der Waals surface area contributed by atoms with E-state index < -0.39 is 0 Å². The monoisotopic (exact) mass is 372 g/mol. The minimum atomic E-state index is -0.130. The summed E-state index contributed by atoms with van der Waals surface area (Å²) in [7, 11) is 3.31. The molecule has 0 aliphatic heterocycles. The molecule has 0 saturated heterocycles. The number of aryl methyl sites for hydroxylation is 4. The summed E-state index contributed by atoms with van der Waals surface area (Å²) in [5.74, 6) is 0.571. The van der Waals surface area contributed by atoms with E-state index in [4.69, 9.17) is 9.47 Å². The maximum atomic E-state index is 13.2. The summed E-state index contributed by atoms with van der Waals surface area (Å²) in [4.78, 5) is 13.2. The van der Waals surface area contributed by atoms with E-state index in [9.17, 15) is 4.79 Å². The van der Waals surface area contributed by atoms with Gasteiger partial charge < -0.3 is 9.47 Å². The van der Waals surface area contributed by atoms with Crippen molar-refractivity contribution in [1.82, 2.24) is 9.78 Å². The summed E-state index contributed by atoms with van der Waals surface area (Å²) < 4.78 is 12.9. The van der Waals surface area contributed by atoms with E-state index >= 15 is 0 Å². The highest BCUT2D eigenvalue weighted by molar-refractivity contribution is 5.77. The third-order valence-corrected chi connectivity index (χ3v) is 4.75. The van der Waals surface area contributed by atoms with Gasteiger partial charge in [0.2, 0.25) is 0 Å². The molecule has 148 valence electrons. The molecule has 0 spiro atoms. The van der Waals surface area contributed by atoms with E-state index in [-0.39, 0.29) is 5.56 Å². The molecule has 27 heavy (non-hydrogen) atoms. The maximum absolute atomic E-state index is 13.2. The van der Waals surface area contributed by atoms with Crippen molar-refractivity contribution in [2.45, 2.75) is 60.0 Å². The first kappa shape index (κ1) is 21.2. The second-order valence-corrected chi connectivity index (χ2v) is 6.88. The molecule has 0 unspecified atom stereocenters. The molecule has 0 bridgehead atoms. The minimum absolute atomic E-state index is 0.130. The van der Waals surface area contributed by atoms with Gasteiger partial charge in [-0.3, -0.25) is 4.79 Å². The number of unbranched alkanes of at least 4 members (excludes halogenated alkanes) is 1. The van der Waals surface area contributed by atoms with Crippen molar-refractivity contribution in [1.29, 1.82) is 0 Å². The van der Waals surface area contributed by atoms with Crippen LogP contribution in [-0.4, -0.2) is 23.5 Å². The lowest BCUT2D eigenvalue weighted by atomic mass is 9.90. The van der Waals surface area contributed by atoms with Crippen LogP contribution in [0.5, 0.6) is 5.75 Å². The van der Waals surface area contributed by atoms with Crippen LogP contribution < -0.4 is 10.3 Å². The number of hydrogen-bond acceptors (Lipinski definition) is 4. The van der Waals surface area contributed by atoms with Gasteiger partial charge in [0.15, 0.2) is 5.75 Å². The number of benzene rings is 1. The predicted molar refractivity (Wildman–Crippen MR) is 110 cm³/mol. The average molecular weight is 373 g/mol. The van der Waals surface area contributed by atoms with E-state index in [0.717, 1.165) is 31.2 Å². The van der Waals surface area contributed by atoms with E-state index in [1.807, 2.05) is 0 Å². The highest BCUT2D eigenvalue weighted by Crippen LogP contribution is 2.36. The predicted octanol–water partition coefficient (Wildman–Crippen LogP) is 4.21. The smallest absolute Gasteiger partial charge is 0.278 e. The van der Waals surface area contributed by atoms with Crippen molar-refractivity contribution in [3.63, 3.8) is 0 Å². The number of nitrogens with zero attached hydrogens (tertiary/aromatic N) is 2. The molecule has 2 rings (SSSR count). The summed E-state index contributed by atoms with van der Waals surface area (Å²) in [5, 5.41) is 4.41. The topological polar surface area (TPSA) is 53.4 Å². The Labute approximate surface area is 162 Å². The quantitative estimate of drug-likeness (QED) is 0.619. The summed E-state index contributed by atoms with van der Waals surface area (Å²) in [6.45, 7) is 9.32. The van der Waals surface area contributed by atoms with E-state index in [2.05, 4.69) is 44.9 Å². The van der Waals surface area contributed by atoms with Crippen LogP contribution in [0.1, 0.15) is 56.0 Å². The van der Waals surface area contributed by atoms with Crippen molar-refractivity contribution in [2.75, 3.05) is 13.7 Å². The van der Waals surface area contributed by atoms with Crippen molar-refractivity contribution >= 4 is 0 Å². The molecule has 0 radical (unpaired) electrons. The van der Waals surface area contributed by atoms with Crippen LogP contribution >= 0.6 is 0 Å². The third-order valence-electron chi connectivity index (χ3n) is 4.75. The molecule has 0 aliphatic rings. The van der Waals surface area contributed by atoms with Crippen LogP contribution in [0.2, 0.25) is 0 Å². The molecule has 0 amide bonds. The van der Waals surface area contributed by atoms with Crippen molar-refractivity contribution in [2.24, 2.45) is 7.05 Å². The summed E-state index contributed by atoms with van der Waals surface area (Å²) >= 11 is 0. The second-order valence-electron chi connectivity index (χ2n) is 6.88. The highest BCUT2D eigenvalue weighted by atomic mass is 16.5. The Hall–Kier alpha value is -2.14. The molecule has 5 nitrogen and oxygen atoms in total. The molecule has 0 N–H and O–H groups in total. The lowest BCUT2D eigenvalue weighted by Crippen LogP contribution is -2.25. The Morgan fingerprint density at radius 2 is 1.70 bits per heavy atom. The SMILES string of the molecule is CCCCOc1c(COC)nn(C)c(=O)c1-c1c(CC)cc(C)cc1CC. The molecule has 1 aromatic carbocycles. The average Bonchev–Trinajstić information content (AvgIpc) is 2.65. The summed E-state index contributed by atoms with van der Waals surface area (Å²) in [5.41, 5.74) is 5.69. The van der Waals surface area contributed by atoms with E-state index in [0.29, 0.717) is 30.2 Å². The lowest BCUT2D eigenvalue weighted by molar-refractivity contribution is 0.173. The van der Waals surface area contributed by atoms with Crippen LogP contribution in [0.4, 0.5) is 0 Å². The first-order valence-electron chi connectivity index (χ1n) is 9.82. The van der Waals surface area contributed by atoms with Gasteiger partial charge in [-0.25, -0.2) is 4.68 Å². The van der Waals surface area contributed by atoms with Gasteiger partial charge in [-0.15, -0.1) is 0 Å². The van der Waals surface area contributed by atoms with Crippen LogP contribution in [-0.2, 0) is 31.2 Å². The second kappa shape index (κ2) is 9.70. The Morgan fingerprint density at radius 3 is 2.22 bits per heavy atom. The Morgan fingerprint density at radius 1 is 1.07 bits per heavy atom. The van der Waals surface area contributed by atoms with Crippen LogP contribution in [0.25, 0.3) is 11.1 Å². The fraction of sp³-hybridized carbons (Fsp3) is 0.545. The van der Waals surface area contributed by atoms with Gasteiger partial charge in [0.05, 0.1) is 18.8 Å². The molecule has 1 aromatic heterocycles. The molecule has 0 aliphatic carbocycles. The first-order chi connectivity index (χ1) is 13.0. The molecular weight excluding hydrogens is 340 g/mol. The molecule has 0 atom stereocenters. The van der Waals surface area contributed by atoms with E-state index in [1.54, 1.807) is 14.2 Å². The van der Waals surface area contributed by atoms with Gasteiger partial charge in [-0.2, -0.15) is 5.10 Å². The van der Waals surface area contributed by atoms with Crippen LogP contribution in [0, 0.1) is 6.92 Å². The van der Waals surface area contributed by atoms with Gasteiger partial charge in [-0.1, -0.05) is 44.9 Å². The van der Waals surface area contributed by atoms with Gasteiger partial charge in [0.1, 0.15) is 5.69 Å². The number of ether oxygens (including phenoxy) is 2. The molecule has 5 heteroatoms. The Kier molecular flexibility index (Phi) is 7.60. The maximum Gasteiger partial charge on any atom is 0.278 e. The van der Waals surface area contributed by atoms with Crippen molar-refractivity contribution in [3.05, 3.63) is 44.9 Å². The Balaban J connectivity index is 2.84. The molecule has 0 fully saturated rings. The summed E-state index contributed by atoms with van der Waals surface area (Å²) in [6, 6.07) is 4.33. The fourth-order valence-electron chi connectivity index (χ4n) is 3.42. The fourth-order valence-corrected chi connectivity index (χ4v) is 3.42. The minimum Gasteiger partial charge on any atom is -0.491 e. The molecule has 1 heterocycles. The normalized spacial score (nSPS) is 11.0. The zero-order chi connectivity index (χ0) is 20.0. The van der Waals surface area contributed by atoms with Gasteiger partial charge >= 0.3 is 0 Å². The van der Waals surface area contributed by atoms with E-state index in [1.165, 1.54) is 21.4 Å². The number of aromatic nitrogens is 2. The lowest BCUT2D eigenvalue weighted by Gasteiger charge is -2.20. The zero-order valence-corrected chi connectivity index (χ0v) is 17.5. The zero-order valence-electron chi connectivity index (χ0n) is 17.5. The standard InChI is InChI=1S/C22H32N2O3/c1-7-10-11-27-21-18(14-26-6)23-24(5)22(25)20(21)19-16(8-2)12-15(4)13-17(19)9-3/h12-13H,7-11,14H2,1-6H3. The number of hydrogen-bond donors (Lipinski definition) is 0. The number of rotatable bonds is 9. The largest absolute Gasteiger partial charge is 0.491 e. The number of methoxy groups -OCH3 is 1. The molecular formula is C22H32N2O3. The van der Waals surface area contributed by atoms with Gasteiger partial charge in [-0.05, 0) is 42.9 Å². The van der Waals surface area contributed by atoms with Gasteiger partial charge in [0.25, 0.3) is 5.56 Å². The molecule has 0 saturated carbocycles. The van der Waals surface area contributed by atoms with Crippen LogP contribution in [0.15, 0.2) is 16.9 Å². The molecule has 2 aromatic rings. The van der Waals surface area contributed by atoms with Crippen molar-refractivity contribution < 1.29 is 9.47 Å². The van der Waals surface area contributed by atoms with Crippen LogP contribution in [0.3, 0.4) is 0 Å². The van der Waals surface area contributed by atoms with Gasteiger partial charge in [0, 0.05) is 14.2 Å². The van der Waals surface area contributed by atoms with Crippen molar-refractivity contribution in [3.8, 4) is 16.9 Å².